The SMILES string of the molecule is CNC(C)c1ccc(OC)c(CN(C)C(C)C2CC2)c1. The molecule has 3 heteroatoms. The molecule has 0 aromatic heterocycles. The van der Waals surface area contributed by atoms with Gasteiger partial charge in [0, 0.05) is 24.2 Å². The molecule has 1 fully saturated rings. The van der Waals surface area contributed by atoms with Crippen LogP contribution in [-0.2, 0) is 6.54 Å². The number of rotatable bonds is 7. The number of methoxy groups -OCH3 is 1. The van der Waals surface area contributed by atoms with Crippen LogP contribution in [0.4, 0.5) is 0 Å². The summed E-state index contributed by atoms with van der Waals surface area (Å²) in [6.07, 6.45) is 2.78. The van der Waals surface area contributed by atoms with Crippen molar-refractivity contribution < 1.29 is 4.74 Å². The Morgan fingerprint density at radius 3 is 2.60 bits per heavy atom. The average molecular weight is 276 g/mol. The van der Waals surface area contributed by atoms with Crippen molar-refractivity contribution in [2.24, 2.45) is 5.92 Å². The quantitative estimate of drug-likeness (QED) is 0.827. The molecule has 1 aliphatic rings. The summed E-state index contributed by atoms with van der Waals surface area (Å²) in [4.78, 5) is 2.45. The molecule has 112 valence electrons. The monoisotopic (exact) mass is 276 g/mol. The molecule has 2 unspecified atom stereocenters. The van der Waals surface area contributed by atoms with Gasteiger partial charge >= 0.3 is 0 Å². The van der Waals surface area contributed by atoms with Crippen molar-refractivity contribution in [2.45, 2.75) is 45.3 Å². The number of nitrogens with zero attached hydrogens (tertiary/aromatic N) is 1. The highest BCUT2D eigenvalue weighted by molar-refractivity contribution is 5.38. The largest absolute Gasteiger partial charge is 0.496 e. The van der Waals surface area contributed by atoms with E-state index < -0.39 is 0 Å². The lowest BCUT2D eigenvalue weighted by Crippen LogP contribution is -2.30. The molecule has 0 saturated heterocycles. The summed E-state index contributed by atoms with van der Waals surface area (Å²) in [5.74, 6) is 1.89. The van der Waals surface area contributed by atoms with Crippen molar-refractivity contribution in [3.8, 4) is 5.75 Å². The van der Waals surface area contributed by atoms with E-state index in [1.54, 1.807) is 7.11 Å². The molecule has 0 heterocycles. The second kappa shape index (κ2) is 6.59. The van der Waals surface area contributed by atoms with E-state index in [0.29, 0.717) is 12.1 Å². The summed E-state index contributed by atoms with van der Waals surface area (Å²) < 4.78 is 5.52. The second-order valence-electron chi connectivity index (χ2n) is 6.07. The molecular weight excluding hydrogens is 248 g/mol. The van der Waals surface area contributed by atoms with Crippen LogP contribution < -0.4 is 10.1 Å². The van der Waals surface area contributed by atoms with Crippen LogP contribution in [0, 0.1) is 5.92 Å². The normalized spacial score (nSPS) is 18.1. The third-order valence-electron chi connectivity index (χ3n) is 4.66. The smallest absolute Gasteiger partial charge is 0.123 e. The lowest BCUT2D eigenvalue weighted by Gasteiger charge is -2.26. The van der Waals surface area contributed by atoms with E-state index in [9.17, 15) is 0 Å². The van der Waals surface area contributed by atoms with E-state index >= 15 is 0 Å². The topological polar surface area (TPSA) is 24.5 Å². The zero-order chi connectivity index (χ0) is 14.7. The van der Waals surface area contributed by atoms with Gasteiger partial charge in [0.15, 0.2) is 0 Å². The molecular formula is C17H28N2O. The Balaban J connectivity index is 2.14. The van der Waals surface area contributed by atoms with Crippen LogP contribution in [0.25, 0.3) is 0 Å². The van der Waals surface area contributed by atoms with Gasteiger partial charge in [-0.2, -0.15) is 0 Å². The first-order valence-corrected chi connectivity index (χ1v) is 7.61. The van der Waals surface area contributed by atoms with Gasteiger partial charge in [-0.1, -0.05) is 6.07 Å². The van der Waals surface area contributed by atoms with Crippen LogP contribution in [0.5, 0.6) is 5.75 Å². The van der Waals surface area contributed by atoms with Crippen molar-refractivity contribution in [1.29, 1.82) is 0 Å². The molecule has 0 amide bonds. The molecule has 1 saturated carbocycles. The maximum Gasteiger partial charge on any atom is 0.123 e. The van der Waals surface area contributed by atoms with E-state index in [1.807, 2.05) is 7.05 Å². The van der Waals surface area contributed by atoms with Gasteiger partial charge in [-0.3, -0.25) is 4.90 Å². The summed E-state index contributed by atoms with van der Waals surface area (Å²) in [7, 11) is 5.97. The Kier molecular flexibility index (Phi) is 5.06. The maximum atomic E-state index is 5.52. The van der Waals surface area contributed by atoms with Gasteiger partial charge < -0.3 is 10.1 Å². The van der Waals surface area contributed by atoms with Crippen LogP contribution in [0.3, 0.4) is 0 Å². The molecule has 1 N–H and O–H groups in total. The third-order valence-corrected chi connectivity index (χ3v) is 4.66. The van der Waals surface area contributed by atoms with Gasteiger partial charge in [-0.05, 0) is 64.4 Å². The standard InChI is InChI=1S/C17H28N2O/c1-12(18-3)15-8-9-17(20-5)16(10-15)11-19(4)13(2)14-6-7-14/h8-10,12-14,18H,6-7,11H2,1-5H3. The third kappa shape index (κ3) is 3.53. The molecule has 2 atom stereocenters. The van der Waals surface area contributed by atoms with Gasteiger partial charge in [-0.15, -0.1) is 0 Å². The summed E-state index contributed by atoms with van der Waals surface area (Å²) in [6, 6.07) is 7.54. The zero-order valence-corrected chi connectivity index (χ0v) is 13.4. The first-order valence-electron chi connectivity index (χ1n) is 7.61. The molecule has 20 heavy (non-hydrogen) atoms. The summed E-state index contributed by atoms with van der Waals surface area (Å²) >= 11 is 0. The molecule has 2 rings (SSSR count). The first-order chi connectivity index (χ1) is 9.56. The van der Waals surface area contributed by atoms with Gasteiger partial charge in [0.2, 0.25) is 0 Å². The van der Waals surface area contributed by atoms with E-state index in [2.05, 4.69) is 49.3 Å². The van der Waals surface area contributed by atoms with Crippen LogP contribution in [0.15, 0.2) is 18.2 Å². The van der Waals surface area contributed by atoms with Gasteiger partial charge in [0.05, 0.1) is 7.11 Å². The van der Waals surface area contributed by atoms with Crippen molar-refractivity contribution in [3.05, 3.63) is 29.3 Å². The minimum Gasteiger partial charge on any atom is -0.496 e. The number of hydrogen-bond acceptors (Lipinski definition) is 3. The van der Waals surface area contributed by atoms with Crippen molar-refractivity contribution in [3.63, 3.8) is 0 Å². The fourth-order valence-corrected chi connectivity index (χ4v) is 2.71. The first kappa shape index (κ1) is 15.3. The Morgan fingerprint density at radius 2 is 2.05 bits per heavy atom. The van der Waals surface area contributed by atoms with E-state index in [4.69, 9.17) is 4.74 Å². The fraction of sp³-hybridized carbons (Fsp3) is 0.647. The molecule has 1 aliphatic carbocycles. The lowest BCUT2D eigenvalue weighted by atomic mass is 10.0. The zero-order valence-electron chi connectivity index (χ0n) is 13.4. The van der Waals surface area contributed by atoms with Crippen molar-refractivity contribution >= 4 is 0 Å². The summed E-state index contributed by atoms with van der Waals surface area (Å²) in [6.45, 7) is 5.47. The van der Waals surface area contributed by atoms with Crippen LogP contribution in [-0.4, -0.2) is 32.1 Å². The van der Waals surface area contributed by atoms with Crippen LogP contribution >= 0.6 is 0 Å². The summed E-state index contributed by atoms with van der Waals surface area (Å²) in [5, 5.41) is 3.30. The highest BCUT2D eigenvalue weighted by atomic mass is 16.5. The van der Waals surface area contributed by atoms with Crippen molar-refractivity contribution in [2.75, 3.05) is 21.2 Å². The summed E-state index contributed by atoms with van der Waals surface area (Å²) in [5.41, 5.74) is 2.60. The highest BCUT2D eigenvalue weighted by Crippen LogP contribution is 2.35. The minimum absolute atomic E-state index is 0.366. The Bertz CT molecular complexity index is 443. The number of benzene rings is 1. The van der Waals surface area contributed by atoms with E-state index in [-0.39, 0.29) is 0 Å². The van der Waals surface area contributed by atoms with E-state index in [1.165, 1.54) is 24.0 Å². The van der Waals surface area contributed by atoms with Gasteiger partial charge in [0.1, 0.15) is 5.75 Å². The van der Waals surface area contributed by atoms with Crippen LogP contribution in [0.1, 0.15) is 43.9 Å². The lowest BCUT2D eigenvalue weighted by molar-refractivity contribution is 0.223. The average Bonchev–Trinajstić information content (AvgIpc) is 3.30. The molecule has 0 bridgehead atoms. The molecule has 3 nitrogen and oxygen atoms in total. The Labute approximate surface area is 123 Å². The highest BCUT2D eigenvalue weighted by Gasteiger charge is 2.30. The van der Waals surface area contributed by atoms with Crippen LogP contribution in [0.2, 0.25) is 0 Å². The molecule has 1 aromatic rings. The number of nitrogens with one attached hydrogen (secondary N) is 1. The predicted octanol–water partition coefficient (Wildman–Crippen LogP) is 3.21. The van der Waals surface area contributed by atoms with E-state index in [0.717, 1.165) is 18.2 Å². The Morgan fingerprint density at radius 1 is 1.35 bits per heavy atom. The molecule has 0 spiro atoms. The fourth-order valence-electron chi connectivity index (χ4n) is 2.71. The molecule has 1 aromatic carbocycles. The number of hydrogen-bond donors (Lipinski definition) is 1. The van der Waals surface area contributed by atoms with Gasteiger partial charge in [-0.25, -0.2) is 0 Å². The maximum absolute atomic E-state index is 5.52. The number of ether oxygens (including phenoxy) is 1. The molecule has 0 aliphatic heterocycles. The Hall–Kier alpha value is -1.06. The van der Waals surface area contributed by atoms with Gasteiger partial charge in [0.25, 0.3) is 0 Å². The molecule has 0 radical (unpaired) electrons. The minimum atomic E-state index is 0.366. The second-order valence-corrected chi connectivity index (χ2v) is 6.07. The predicted molar refractivity (Wildman–Crippen MR) is 84.1 cm³/mol. The van der Waals surface area contributed by atoms with Crippen molar-refractivity contribution in [1.82, 2.24) is 10.2 Å².